The van der Waals surface area contributed by atoms with Crippen molar-refractivity contribution in [2.45, 2.75) is 19.8 Å². The summed E-state index contributed by atoms with van der Waals surface area (Å²) in [4.78, 5) is 0. The maximum Gasteiger partial charge on any atom is 0.109 e. The van der Waals surface area contributed by atoms with Crippen LogP contribution in [0.2, 0.25) is 0 Å². The molecule has 1 aromatic rings. The molecule has 0 amide bonds. The summed E-state index contributed by atoms with van der Waals surface area (Å²) < 4.78 is 1.83. The molecule has 0 radical (unpaired) electrons. The molecule has 4 heteroatoms. The molecular formula is C5H10BN3. The number of hydrogen-bond donors (Lipinski definition) is 0. The third kappa shape index (κ3) is 1.31. The van der Waals surface area contributed by atoms with Gasteiger partial charge in [-0.15, -0.1) is 5.10 Å². The van der Waals surface area contributed by atoms with E-state index in [-0.39, 0.29) is 0 Å². The van der Waals surface area contributed by atoms with Gasteiger partial charge in [-0.2, -0.15) is 0 Å². The lowest BCUT2D eigenvalue weighted by Crippen LogP contribution is -1.93. The lowest BCUT2D eigenvalue weighted by atomic mass is 10.0. The summed E-state index contributed by atoms with van der Waals surface area (Å²) in [5.74, 6) is 0. The van der Waals surface area contributed by atoms with Gasteiger partial charge >= 0.3 is 0 Å². The highest BCUT2D eigenvalue weighted by molar-refractivity contribution is 6.08. The van der Waals surface area contributed by atoms with Crippen LogP contribution in [-0.2, 0) is 12.9 Å². The van der Waals surface area contributed by atoms with Gasteiger partial charge in [0.15, 0.2) is 0 Å². The maximum absolute atomic E-state index is 3.92. The van der Waals surface area contributed by atoms with Crippen molar-refractivity contribution in [3.63, 3.8) is 0 Å². The number of aromatic nitrogens is 3. The summed E-state index contributed by atoms with van der Waals surface area (Å²) in [5.41, 5.74) is 1.07. The second-order valence-corrected chi connectivity index (χ2v) is 1.92. The van der Waals surface area contributed by atoms with Crippen molar-refractivity contribution in [3.8, 4) is 0 Å². The Morgan fingerprint density at radius 3 is 2.89 bits per heavy atom. The SMILES string of the molecule is BCc1cn(CC)nn1. The fraction of sp³-hybridized carbons (Fsp3) is 0.600. The summed E-state index contributed by atoms with van der Waals surface area (Å²) in [5, 5.41) is 7.79. The van der Waals surface area contributed by atoms with Crippen LogP contribution in [0.15, 0.2) is 6.20 Å². The molecule has 1 heterocycles. The van der Waals surface area contributed by atoms with Crippen molar-refractivity contribution < 1.29 is 0 Å². The zero-order chi connectivity index (χ0) is 6.69. The molecule has 0 N–H and O–H groups in total. The minimum absolute atomic E-state index is 0.910. The topological polar surface area (TPSA) is 30.7 Å². The molecule has 0 bridgehead atoms. The molecule has 0 atom stereocenters. The van der Waals surface area contributed by atoms with Gasteiger partial charge in [0, 0.05) is 12.7 Å². The molecule has 9 heavy (non-hydrogen) atoms. The van der Waals surface area contributed by atoms with Crippen LogP contribution < -0.4 is 0 Å². The van der Waals surface area contributed by atoms with Crippen LogP contribution in [0.3, 0.4) is 0 Å². The average Bonchev–Trinajstić information content (AvgIpc) is 2.34. The minimum atomic E-state index is 0.910. The molecule has 0 aliphatic carbocycles. The monoisotopic (exact) mass is 123 g/mol. The van der Waals surface area contributed by atoms with E-state index in [2.05, 4.69) is 18.2 Å². The normalized spacial score (nSPS) is 9.89. The minimum Gasteiger partial charge on any atom is -0.253 e. The van der Waals surface area contributed by atoms with Crippen molar-refractivity contribution >= 4 is 7.85 Å². The Kier molecular flexibility index (Phi) is 1.87. The molecule has 0 spiro atoms. The van der Waals surface area contributed by atoms with E-state index >= 15 is 0 Å². The Balaban J connectivity index is 2.74. The third-order valence-corrected chi connectivity index (χ3v) is 1.27. The average molecular weight is 123 g/mol. The standard InChI is InChI=1S/C5H10BN3/c1-2-9-4-5(3-6)7-8-9/h4H,2-3,6H2,1H3. The van der Waals surface area contributed by atoms with Gasteiger partial charge in [-0.25, -0.2) is 0 Å². The highest BCUT2D eigenvalue weighted by Crippen LogP contribution is 1.89. The molecule has 0 aliphatic heterocycles. The summed E-state index contributed by atoms with van der Waals surface area (Å²) in [6, 6.07) is 0. The van der Waals surface area contributed by atoms with Gasteiger partial charge in [0.25, 0.3) is 0 Å². The quantitative estimate of drug-likeness (QED) is 0.493. The molecule has 3 nitrogen and oxygen atoms in total. The molecular weight excluding hydrogens is 113 g/mol. The first-order valence-corrected chi connectivity index (χ1v) is 3.25. The number of hydrogen-bond acceptors (Lipinski definition) is 2. The van der Waals surface area contributed by atoms with Gasteiger partial charge in [0.1, 0.15) is 7.85 Å². The molecule has 0 saturated carbocycles. The highest BCUT2D eigenvalue weighted by atomic mass is 15.4. The van der Waals surface area contributed by atoms with Crippen molar-refractivity contribution in [2.75, 3.05) is 0 Å². The summed E-state index contributed by atoms with van der Waals surface area (Å²) in [6.07, 6.45) is 2.94. The Hall–Kier alpha value is -0.795. The Morgan fingerprint density at radius 2 is 2.56 bits per heavy atom. The van der Waals surface area contributed by atoms with E-state index in [1.807, 2.05) is 17.8 Å². The van der Waals surface area contributed by atoms with Crippen LogP contribution >= 0.6 is 0 Å². The second-order valence-electron chi connectivity index (χ2n) is 1.92. The van der Waals surface area contributed by atoms with Crippen LogP contribution in [0.4, 0.5) is 0 Å². The predicted octanol–water partition coefficient (Wildman–Crippen LogP) is -0.569. The first-order valence-electron chi connectivity index (χ1n) is 3.25. The van der Waals surface area contributed by atoms with Crippen molar-refractivity contribution in [1.82, 2.24) is 15.0 Å². The van der Waals surface area contributed by atoms with Gasteiger partial charge in [0.2, 0.25) is 0 Å². The van der Waals surface area contributed by atoms with E-state index in [9.17, 15) is 0 Å². The van der Waals surface area contributed by atoms with E-state index in [0.29, 0.717) is 0 Å². The van der Waals surface area contributed by atoms with Gasteiger partial charge in [0.05, 0.1) is 5.69 Å². The van der Waals surface area contributed by atoms with E-state index in [0.717, 1.165) is 18.6 Å². The summed E-state index contributed by atoms with van der Waals surface area (Å²) in [7, 11) is 2.07. The van der Waals surface area contributed by atoms with E-state index in [4.69, 9.17) is 0 Å². The smallest absolute Gasteiger partial charge is 0.109 e. The molecule has 48 valence electrons. The fourth-order valence-corrected chi connectivity index (χ4v) is 0.655. The molecule has 1 aromatic heterocycles. The Morgan fingerprint density at radius 1 is 1.78 bits per heavy atom. The summed E-state index contributed by atoms with van der Waals surface area (Å²) >= 11 is 0. The van der Waals surface area contributed by atoms with Gasteiger partial charge in [-0.3, -0.25) is 4.68 Å². The first-order chi connectivity index (χ1) is 4.36. The van der Waals surface area contributed by atoms with E-state index in [1.54, 1.807) is 0 Å². The number of nitrogens with zero attached hydrogens (tertiary/aromatic N) is 3. The Labute approximate surface area is 55.5 Å². The molecule has 0 aliphatic rings. The predicted molar refractivity (Wildman–Crippen MR) is 37.9 cm³/mol. The maximum atomic E-state index is 3.92. The molecule has 0 unspecified atom stereocenters. The number of aryl methyl sites for hydroxylation is 1. The number of rotatable bonds is 2. The third-order valence-electron chi connectivity index (χ3n) is 1.27. The first kappa shape index (κ1) is 6.33. The molecule has 1 rings (SSSR count). The van der Waals surface area contributed by atoms with Crippen LogP contribution in [0, 0.1) is 0 Å². The summed E-state index contributed by atoms with van der Waals surface area (Å²) in [6.45, 7) is 2.96. The zero-order valence-electron chi connectivity index (χ0n) is 5.83. The van der Waals surface area contributed by atoms with Gasteiger partial charge < -0.3 is 0 Å². The largest absolute Gasteiger partial charge is 0.253 e. The molecule has 0 fully saturated rings. The second kappa shape index (κ2) is 2.66. The van der Waals surface area contributed by atoms with Gasteiger partial charge in [-0.1, -0.05) is 5.21 Å². The molecule has 0 aromatic carbocycles. The van der Waals surface area contributed by atoms with Crippen LogP contribution in [0.1, 0.15) is 12.6 Å². The van der Waals surface area contributed by atoms with Crippen LogP contribution in [-0.4, -0.2) is 22.8 Å². The molecule has 0 saturated heterocycles. The van der Waals surface area contributed by atoms with Crippen molar-refractivity contribution in [1.29, 1.82) is 0 Å². The Bertz CT molecular complexity index is 166. The zero-order valence-corrected chi connectivity index (χ0v) is 5.83. The van der Waals surface area contributed by atoms with Crippen molar-refractivity contribution in [3.05, 3.63) is 11.9 Å². The van der Waals surface area contributed by atoms with Crippen LogP contribution in [0.5, 0.6) is 0 Å². The lowest BCUT2D eigenvalue weighted by molar-refractivity contribution is 0.626. The lowest BCUT2D eigenvalue weighted by Gasteiger charge is -1.86. The highest BCUT2D eigenvalue weighted by Gasteiger charge is 1.92. The van der Waals surface area contributed by atoms with E-state index < -0.39 is 0 Å². The van der Waals surface area contributed by atoms with E-state index in [1.165, 1.54) is 0 Å². The fourth-order valence-electron chi connectivity index (χ4n) is 0.655. The van der Waals surface area contributed by atoms with Gasteiger partial charge in [-0.05, 0) is 13.2 Å². The van der Waals surface area contributed by atoms with Crippen LogP contribution in [0.25, 0.3) is 0 Å². The van der Waals surface area contributed by atoms with Crippen molar-refractivity contribution in [2.24, 2.45) is 0 Å².